The van der Waals surface area contributed by atoms with Gasteiger partial charge in [0, 0.05) is 16.8 Å². The van der Waals surface area contributed by atoms with Gasteiger partial charge < -0.3 is 10.1 Å². The largest absolute Gasteiger partial charge is 0.497 e. The van der Waals surface area contributed by atoms with Crippen molar-refractivity contribution in [3.63, 3.8) is 0 Å². The number of fused-ring (bicyclic) bond motifs is 2. The van der Waals surface area contributed by atoms with Crippen LogP contribution in [0.15, 0.2) is 46.9 Å². The summed E-state index contributed by atoms with van der Waals surface area (Å²) in [6.07, 6.45) is 8.70. The van der Waals surface area contributed by atoms with E-state index in [4.69, 9.17) is 14.7 Å². The zero-order valence-corrected chi connectivity index (χ0v) is 21.2. The van der Waals surface area contributed by atoms with Crippen LogP contribution >= 0.6 is 15.9 Å². The Kier molecular flexibility index (Phi) is 6.95. The molecule has 0 unspecified atom stereocenters. The minimum absolute atomic E-state index is 0.0460. The second kappa shape index (κ2) is 10.3. The highest BCUT2D eigenvalue weighted by atomic mass is 79.9. The van der Waals surface area contributed by atoms with Gasteiger partial charge in [-0.15, -0.1) is 0 Å². The second-order valence-electron chi connectivity index (χ2n) is 9.35. The third kappa shape index (κ3) is 5.17. The lowest BCUT2D eigenvalue weighted by atomic mass is 9.86. The fourth-order valence-electron chi connectivity index (χ4n) is 5.15. The summed E-state index contributed by atoms with van der Waals surface area (Å²) in [7, 11) is 1.70. The molecule has 0 spiro atoms. The topological polar surface area (TPSA) is 64.1 Å². The van der Waals surface area contributed by atoms with Gasteiger partial charge in [0.25, 0.3) is 0 Å². The van der Waals surface area contributed by atoms with Gasteiger partial charge in [0.2, 0.25) is 5.91 Å². The van der Waals surface area contributed by atoms with Gasteiger partial charge in [-0.1, -0.05) is 53.4 Å². The maximum atomic E-state index is 13.0. The molecule has 0 saturated heterocycles. The van der Waals surface area contributed by atoms with Gasteiger partial charge in [-0.3, -0.25) is 9.78 Å². The monoisotopic (exact) mass is 519 g/mol. The van der Waals surface area contributed by atoms with Crippen molar-refractivity contribution in [1.82, 2.24) is 9.97 Å². The van der Waals surface area contributed by atoms with Gasteiger partial charge >= 0.3 is 0 Å². The fraction of sp³-hybridized carbons (Fsp3) is 0.393. The molecule has 5 rings (SSSR count). The average molecular weight is 520 g/mol. The molecule has 5 nitrogen and oxygen atoms in total. The van der Waals surface area contributed by atoms with Gasteiger partial charge in [-0.25, -0.2) is 4.98 Å². The molecule has 0 atom stereocenters. The Morgan fingerprint density at radius 1 is 1.00 bits per heavy atom. The maximum absolute atomic E-state index is 13.0. The van der Waals surface area contributed by atoms with E-state index < -0.39 is 0 Å². The summed E-state index contributed by atoms with van der Waals surface area (Å²) in [6, 6.07) is 14.2. The van der Waals surface area contributed by atoms with Crippen LogP contribution in [0.25, 0.3) is 0 Å². The summed E-state index contributed by atoms with van der Waals surface area (Å²) in [5.74, 6) is 1.86. The zero-order chi connectivity index (χ0) is 23.5. The van der Waals surface area contributed by atoms with Gasteiger partial charge in [0.05, 0.1) is 30.6 Å². The molecule has 1 saturated carbocycles. The molecule has 0 aliphatic heterocycles. The number of ether oxygens (including phenoxy) is 1. The number of anilines is 1. The van der Waals surface area contributed by atoms with Crippen molar-refractivity contribution in [3.8, 4) is 5.75 Å². The van der Waals surface area contributed by atoms with Crippen LogP contribution in [0.5, 0.6) is 5.75 Å². The van der Waals surface area contributed by atoms with Gasteiger partial charge in [0.1, 0.15) is 5.75 Å². The van der Waals surface area contributed by atoms with Crippen molar-refractivity contribution in [2.24, 2.45) is 0 Å². The first-order chi connectivity index (χ1) is 16.6. The predicted octanol–water partition coefficient (Wildman–Crippen LogP) is 6.17. The Morgan fingerprint density at radius 3 is 2.56 bits per heavy atom. The third-order valence-corrected chi connectivity index (χ3v) is 7.54. The van der Waals surface area contributed by atoms with Crippen molar-refractivity contribution in [2.45, 2.75) is 63.7 Å². The van der Waals surface area contributed by atoms with Gasteiger partial charge in [0.15, 0.2) is 5.82 Å². The van der Waals surface area contributed by atoms with Crippen LogP contribution < -0.4 is 10.1 Å². The normalized spacial score (nSPS) is 15.7. The second-order valence-corrected chi connectivity index (χ2v) is 10.3. The van der Waals surface area contributed by atoms with E-state index in [0.717, 1.165) is 65.0 Å². The average Bonchev–Trinajstić information content (AvgIpc) is 3.04. The van der Waals surface area contributed by atoms with Crippen LogP contribution in [0, 0.1) is 0 Å². The first-order valence-corrected chi connectivity index (χ1v) is 13.0. The van der Waals surface area contributed by atoms with Crippen molar-refractivity contribution >= 4 is 27.7 Å². The highest BCUT2D eigenvalue weighted by molar-refractivity contribution is 9.10. The summed E-state index contributed by atoms with van der Waals surface area (Å²) in [5.41, 5.74) is 6.57. The zero-order valence-electron chi connectivity index (χ0n) is 19.6. The highest BCUT2D eigenvalue weighted by Crippen LogP contribution is 2.36. The SMILES string of the molecule is COc1ccc2c(c1)CCc1nc(NC(=O)Cc3ccc(Br)cc3)c(C3CCCCC3)nc1C2. The Bertz CT molecular complexity index is 1190. The number of amides is 1. The molecule has 176 valence electrons. The lowest BCUT2D eigenvalue weighted by Gasteiger charge is -2.24. The molecule has 1 fully saturated rings. The first kappa shape index (κ1) is 23.0. The number of nitrogens with zero attached hydrogens (tertiary/aromatic N) is 2. The molecular formula is C28H30BrN3O2. The summed E-state index contributed by atoms with van der Waals surface area (Å²) >= 11 is 3.45. The smallest absolute Gasteiger partial charge is 0.229 e. The summed E-state index contributed by atoms with van der Waals surface area (Å²) in [6.45, 7) is 0. The van der Waals surface area contributed by atoms with Crippen molar-refractivity contribution in [3.05, 3.63) is 80.7 Å². The summed E-state index contributed by atoms with van der Waals surface area (Å²) in [5, 5.41) is 3.14. The van der Waals surface area contributed by atoms with Crippen LogP contribution in [0.4, 0.5) is 5.82 Å². The van der Waals surface area contributed by atoms with Crippen molar-refractivity contribution < 1.29 is 9.53 Å². The number of carbonyl (C=O) groups excluding carboxylic acids is 1. The maximum Gasteiger partial charge on any atom is 0.229 e. The molecule has 1 N–H and O–H groups in total. The number of halogens is 1. The van der Waals surface area contributed by atoms with Crippen molar-refractivity contribution in [1.29, 1.82) is 0 Å². The Hall–Kier alpha value is -2.73. The predicted molar refractivity (Wildman–Crippen MR) is 138 cm³/mol. The van der Waals surface area contributed by atoms with Crippen LogP contribution in [0.1, 0.15) is 71.8 Å². The van der Waals surface area contributed by atoms with Crippen molar-refractivity contribution in [2.75, 3.05) is 12.4 Å². The molecule has 3 aromatic rings. The number of carbonyl (C=O) groups is 1. The number of methoxy groups -OCH3 is 1. The van der Waals surface area contributed by atoms with E-state index in [-0.39, 0.29) is 5.91 Å². The number of hydrogen-bond acceptors (Lipinski definition) is 4. The fourth-order valence-corrected chi connectivity index (χ4v) is 5.41. The molecule has 6 heteroatoms. The van der Waals surface area contributed by atoms with E-state index in [1.807, 2.05) is 30.3 Å². The summed E-state index contributed by atoms with van der Waals surface area (Å²) < 4.78 is 6.44. The standard InChI is InChI=1S/C28H30BrN3O2/c1-34-23-13-9-21-17-25-24(14-10-20(21)16-23)31-28(27(30-25)19-5-3-2-4-6-19)32-26(33)15-18-7-11-22(29)12-8-18/h7-9,11-13,16,19H,2-6,10,14-15,17H2,1H3,(H,31,32,33). The Balaban J connectivity index is 1.45. The van der Waals surface area contributed by atoms with Crippen LogP contribution in [0.2, 0.25) is 0 Å². The number of nitrogens with one attached hydrogen (secondary N) is 1. The van der Waals surface area contributed by atoms with Gasteiger partial charge in [-0.2, -0.15) is 0 Å². The molecule has 2 aliphatic carbocycles. The molecule has 2 aliphatic rings. The first-order valence-electron chi connectivity index (χ1n) is 12.2. The van der Waals surface area contributed by atoms with E-state index in [1.165, 1.54) is 30.4 Å². The van der Waals surface area contributed by atoms with Crippen LogP contribution in [-0.2, 0) is 30.5 Å². The third-order valence-electron chi connectivity index (χ3n) is 7.01. The molecule has 1 heterocycles. The number of hydrogen-bond donors (Lipinski definition) is 1. The van der Waals surface area contributed by atoms with E-state index >= 15 is 0 Å². The molecule has 1 aromatic heterocycles. The molecule has 2 aromatic carbocycles. The molecule has 34 heavy (non-hydrogen) atoms. The number of aromatic nitrogens is 2. The molecular weight excluding hydrogens is 490 g/mol. The number of benzene rings is 2. The lowest BCUT2D eigenvalue weighted by Crippen LogP contribution is -2.21. The highest BCUT2D eigenvalue weighted by Gasteiger charge is 2.26. The van der Waals surface area contributed by atoms with E-state index in [0.29, 0.717) is 18.2 Å². The van der Waals surface area contributed by atoms with E-state index in [2.05, 4.69) is 33.4 Å². The Morgan fingerprint density at radius 2 is 1.79 bits per heavy atom. The summed E-state index contributed by atoms with van der Waals surface area (Å²) in [4.78, 5) is 23.2. The molecule has 1 amide bonds. The molecule has 0 radical (unpaired) electrons. The van der Waals surface area contributed by atoms with E-state index in [9.17, 15) is 4.79 Å². The molecule has 0 bridgehead atoms. The quantitative estimate of drug-likeness (QED) is 0.437. The number of rotatable bonds is 5. The minimum Gasteiger partial charge on any atom is -0.497 e. The Labute approximate surface area is 209 Å². The van der Waals surface area contributed by atoms with Crippen LogP contribution in [0.3, 0.4) is 0 Å². The lowest BCUT2D eigenvalue weighted by molar-refractivity contribution is -0.115. The van der Waals surface area contributed by atoms with E-state index in [1.54, 1.807) is 7.11 Å². The minimum atomic E-state index is -0.0460. The van der Waals surface area contributed by atoms with Gasteiger partial charge in [-0.05, 0) is 66.6 Å². The van der Waals surface area contributed by atoms with Crippen LogP contribution in [-0.4, -0.2) is 23.0 Å². The number of aryl methyl sites for hydroxylation is 2.